The molecule has 0 spiro atoms. The molecule has 0 saturated carbocycles. The summed E-state index contributed by atoms with van der Waals surface area (Å²) < 4.78 is 11.1. The van der Waals surface area contributed by atoms with E-state index in [9.17, 15) is 20.1 Å². The molecule has 6 nitrogen and oxygen atoms in total. The van der Waals surface area contributed by atoms with Gasteiger partial charge in [0.2, 0.25) is 0 Å². The number of aromatic hydroxyl groups is 2. The summed E-state index contributed by atoms with van der Waals surface area (Å²) in [5.41, 5.74) is 0.690. The van der Waals surface area contributed by atoms with Gasteiger partial charge in [-0.1, -0.05) is 0 Å². The highest BCUT2D eigenvalue weighted by Gasteiger charge is 2.34. The second-order valence-corrected chi connectivity index (χ2v) is 6.16. The number of aliphatic hydroxyl groups excluding tert-OH is 1. The zero-order chi connectivity index (χ0) is 15.9. The number of fused-ring (bicyclic) bond motifs is 1. The van der Waals surface area contributed by atoms with E-state index in [1.54, 1.807) is 0 Å². The van der Waals surface area contributed by atoms with Crippen molar-refractivity contribution < 1.29 is 29.6 Å². The number of phenols is 2. The minimum Gasteiger partial charge on any atom is -0.508 e. The Morgan fingerprint density at radius 2 is 2.00 bits per heavy atom. The van der Waals surface area contributed by atoms with Gasteiger partial charge in [0, 0.05) is 18.9 Å². The van der Waals surface area contributed by atoms with E-state index < -0.39 is 12.1 Å². The maximum atomic E-state index is 12.0. The van der Waals surface area contributed by atoms with Gasteiger partial charge in [-0.2, -0.15) is 0 Å². The van der Waals surface area contributed by atoms with Crippen LogP contribution in [0.2, 0.25) is 0 Å². The largest absolute Gasteiger partial charge is 0.508 e. The Bertz CT molecular complexity index is 574. The van der Waals surface area contributed by atoms with Crippen molar-refractivity contribution in [1.82, 2.24) is 0 Å². The molecule has 1 fully saturated rings. The van der Waals surface area contributed by atoms with Crippen molar-refractivity contribution in [2.75, 3.05) is 0 Å². The Balaban J connectivity index is 1.74. The molecule has 3 rings (SSSR count). The zero-order valence-electron chi connectivity index (χ0n) is 12.4. The van der Waals surface area contributed by atoms with Gasteiger partial charge in [0.05, 0.1) is 18.3 Å². The van der Waals surface area contributed by atoms with Gasteiger partial charge in [-0.15, -0.1) is 0 Å². The maximum Gasteiger partial charge on any atom is 0.342 e. The molecule has 2 heterocycles. The molecule has 0 amide bonds. The van der Waals surface area contributed by atoms with Crippen LogP contribution in [0.15, 0.2) is 12.1 Å². The van der Waals surface area contributed by atoms with Crippen molar-refractivity contribution in [3.8, 4) is 11.5 Å². The average molecular weight is 308 g/mol. The van der Waals surface area contributed by atoms with Crippen LogP contribution in [0.1, 0.15) is 42.1 Å². The topological polar surface area (TPSA) is 96.2 Å². The highest BCUT2D eigenvalue weighted by molar-refractivity contribution is 5.95. The lowest BCUT2D eigenvalue weighted by Crippen LogP contribution is -2.38. The van der Waals surface area contributed by atoms with E-state index in [4.69, 9.17) is 9.47 Å². The van der Waals surface area contributed by atoms with Crippen LogP contribution in [0, 0.1) is 0 Å². The summed E-state index contributed by atoms with van der Waals surface area (Å²) in [4.78, 5) is 12.0. The molecule has 22 heavy (non-hydrogen) atoms. The van der Waals surface area contributed by atoms with E-state index in [0.717, 1.165) is 6.07 Å². The predicted octanol–water partition coefficient (Wildman–Crippen LogP) is 1.50. The number of phenolic OH excluding ortho intramolecular Hbond substituents is 2. The van der Waals surface area contributed by atoms with E-state index in [1.807, 2.05) is 6.92 Å². The van der Waals surface area contributed by atoms with Crippen molar-refractivity contribution in [3.63, 3.8) is 0 Å². The predicted molar refractivity (Wildman–Crippen MR) is 76.9 cm³/mol. The van der Waals surface area contributed by atoms with Crippen LogP contribution in [-0.4, -0.2) is 45.7 Å². The minimum atomic E-state index is -0.590. The van der Waals surface area contributed by atoms with E-state index >= 15 is 0 Å². The first kappa shape index (κ1) is 15.1. The summed E-state index contributed by atoms with van der Waals surface area (Å²) in [5, 5.41) is 29.1. The molecule has 2 aliphatic rings. The Morgan fingerprint density at radius 1 is 1.23 bits per heavy atom. The summed E-state index contributed by atoms with van der Waals surface area (Å²) in [5.74, 6) is -0.938. The third kappa shape index (κ3) is 3.03. The lowest BCUT2D eigenvalue weighted by atomic mass is 9.92. The van der Waals surface area contributed by atoms with Gasteiger partial charge in [0.25, 0.3) is 0 Å². The molecule has 1 saturated heterocycles. The van der Waals surface area contributed by atoms with Gasteiger partial charge in [-0.3, -0.25) is 0 Å². The number of rotatable bonds is 2. The molecule has 0 aromatic heterocycles. The maximum absolute atomic E-state index is 12.0. The van der Waals surface area contributed by atoms with Gasteiger partial charge in [-0.05, 0) is 31.4 Å². The fraction of sp³-hybridized carbons (Fsp3) is 0.562. The lowest BCUT2D eigenvalue weighted by Gasteiger charge is -2.34. The van der Waals surface area contributed by atoms with E-state index in [0.29, 0.717) is 31.2 Å². The number of carbonyl (C=O) groups is 1. The van der Waals surface area contributed by atoms with Crippen molar-refractivity contribution in [3.05, 3.63) is 23.3 Å². The average Bonchev–Trinajstić information content (AvgIpc) is 2.35. The molecule has 1 unspecified atom stereocenters. The minimum absolute atomic E-state index is 0.0200. The van der Waals surface area contributed by atoms with E-state index in [1.165, 1.54) is 6.07 Å². The number of aliphatic hydroxyl groups is 1. The van der Waals surface area contributed by atoms with Crippen LogP contribution in [0.25, 0.3) is 0 Å². The molecule has 120 valence electrons. The second-order valence-electron chi connectivity index (χ2n) is 6.16. The summed E-state index contributed by atoms with van der Waals surface area (Å²) in [6.45, 7) is 1.91. The second kappa shape index (κ2) is 5.78. The van der Waals surface area contributed by atoms with Crippen molar-refractivity contribution in [2.45, 2.75) is 57.0 Å². The molecular weight excluding hydrogens is 288 g/mol. The third-order valence-corrected chi connectivity index (χ3v) is 4.20. The van der Waals surface area contributed by atoms with Gasteiger partial charge in [-0.25, -0.2) is 4.79 Å². The first-order valence-electron chi connectivity index (χ1n) is 7.51. The van der Waals surface area contributed by atoms with Gasteiger partial charge in [0.1, 0.15) is 23.2 Å². The Hall–Kier alpha value is -1.79. The fourth-order valence-electron chi connectivity index (χ4n) is 3.36. The summed E-state index contributed by atoms with van der Waals surface area (Å²) in [6, 6.07) is 2.60. The molecular formula is C16H20O6. The van der Waals surface area contributed by atoms with Gasteiger partial charge >= 0.3 is 5.97 Å². The molecule has 0 radical (unpaired) electrons. The van der Waals surface area contributed by atoms with Crippen LogP contribution < -0.4 is 0 Å². The number of ether oxygens (including phenoxy) is 2. The number of esters is 1. The molecule has 0 bridgehead atoms. The molecule has 0 aliphatic carbocycles. The van der Waals surface area contributed by atoms with Crippen molar-refractivity contribution in [1.29, 1.82) is 0 Å². The normalized spacial score (nSPS) is 31.5. The lowest BCUT2D eigenvalue weighted by molar-refractivity contribution is -0.103. The Kier molecular flexibility index (Phi) is 3.97. The quantitative estimate of drug-likeness (QED) is 0.717. The summed E-state index contributed by atoms with van der Waals surface area (Å²) in [7, 11) is 0. The zero-order valence-corrected chi connectivity index (χ0v) is 12.4. The van der Waals surface area contributed by atoms with Crippen molar-refractivity contribution in [2.24, 2.45) is 0 Å². The third-order valence-electron chi connectivity index (χ3n) is 4.20. The SMILES string of the molecule is C[C@H]1C[C@@H](O)CC(C[C@H]2Cc3cc(O)cc(O)c3C(=O)O2)O1. The number of carbonyl (C=O) groups excluding carboxylic acids is 1. The molecule has 1 aromatic rings. The molecule has 6 heteroatoms. The van der Waals surface area contributed by atoms with E-state index in [2.05, 4.69) is 0 Å². The summed E-state index contributed by atoms with van der Waals surface area (Å²) in [6.07, 6.45) is 1.08. The van der Waals surface area contributed by atoms with Gasteiger partial charge < -0.3 is 24.8 Å². The molecule has 4 atom stereocenters. The monoisotopic (exact) mass is 308 g/mol. The van der Waals surface area contributed by atoms with Crippen LogP contribution in [-0.2, 0) is 15.9 Å². The molecule has 1 aromatic carbocycles. The highest BCUT2D eigenvalue weighted by Crippen LogP contribution is 2.34. The van der Waals surface area contributed by atoms with Crippen LogP contribution >= 0.6 is 0 Å². The number of hydrogen-bond acceptors (Lipinski definition) is 6. The van der Waals surface area contributed by atoms with Gasteiger partial charge in [0.15, 0.2) is 0 Å². The van der Waals surface area contributed by atoms with Crippen LogP contribution in [0.4, 0.5) is 0 Å². The van der Waals surface area contributed by atoms with Crippen LogP contribution in [0.5, 0.6) is 11.5 Å². The highest BCUT2D eigenvalue weighted by atomic mass is 16.5. The standard InChI is InChI=1S/C16H20O6/c1-8-2-10(17)5-13(21-8)7-12-4-9-3-11(18)6-14(19)15(9)16(20)22-12/h3,6,8,10,12-13,17-19H,2,4-5,7H2,1H3/t8-,10+,12+,13?/m0/s1. The van der Waals surface area contributed by atoms with E-state index in [-0.39, 0.29) is 35.4 Å². The first-order valence-corrected chi connectivity index (χ1v) is 7.51. The Morgan fingerprint density at radius 3 is 2.73 bits per heavy atom. The number of cyclic esters (lactones) is 1. The number of hydrogen-bond donors (Lipinski definition) is 3. The van der Waals surface area contributed by atoms with Crippen LogP contribution in [0.3, 0.4) is 0 Å². The molecule has 3 N–H and O–H groups in total. The molecule has 2 aliphatic heterocycles. The fourth-order valence-corrected chi connectivity index (χ4v) is 3.36. The summed E-state index contributed by atoms with van der Waals surface area (Å²) >= 11 is 0. The Labute approximate surface area is 128 Å². The first-order chi connectivity index (χ1) is 10.4. The number of benzene rings is 1. The van der Waals surface area contributed by atoms with Crippen molar-refractivity contribution >= 4 is 5.97 Å². The smallest absolute Gasteiger partial charge is 0.342 e.